The molecule has 6 nitrogen and oxygen atoms in total. The molecule has 7 heteroatoms. The highest BCUT2D eigenvalue weighted by Gasteiger charge is 2.17. The lowest BCUT2D eigenvalue weighted by molar-refractivity contribution is 0.111. The standard InChI is InChI=1S/2C12H16N2O.ClH/c2*1-13-6-8-14(9-7-13)12-5-3-2-4-11(12)10-15;/h2*2-5,10H,6-9H2,1H3;1H. The Hall–Kier alpha value is -2.41. The van der Waals surface area contributed by atoms with Crippen molar-refractivity contribution in [2.75, 3.05) is 76.3 Å². The van der Waals surface area contributed by atoms with E-state index in [0.29, 0.717) is 0 Å². The first kappa shape index (κ1) is 24.9. The molecule has 0 saturated carbocycles. The number of nitrogens with zero attached hydrogens (tertiary/aromatic N) is 4. The van der Waals surface area contributed by atoms with Crippen LogP contribution >= 0.6 is 12.4 Å². The van der Waals surface area contributed by atoms with Crippen molar-refractivity contribution < 1.29 is 9.59 Å². The zero-order chi connectivity index (χ0) is 21.3. The Balaban J connectivity index is 0.000000213. The van der Waals surface area contributed by atoms with Crippen molar-refractivity contribution in [1.29, 1.82) is 0 Å². The van der Waals surface area contributed by atoms with Crippen LogP contribution in [-0.2, 0) is 0 Å². The summed E-state index contributed by atoms with van der Waals surface area (Å²) in [5, 5.41) is 0. The van der Waals surface area contributed by atoms with Crippen molar-refractivity contribution >= 4 is 36.4 Å². The number of carbonyl (C=O) groups excluding carboxylic acids is 2. The minimum absolute atomic E-state index is 0. The lowest BCUT2D eigenvalue weighted by Gasteiger charge is -2.34. The van der Waals surface area contributed by atoms with Crippen LogP contribution in [0.3, 0.4) is 0 Å². The van der Waals surface area contributed by atoms with E-state index in [2.05, 4.69) is 33.7 Å². The number of likely N-dealkylation sites (N-methyl/N-ethyl adjacent to an activating group) is 2. The molecule has 0 unspecified atom stereocenters. The Morgan fingerprint density at radius 1 is 0.581 bits per heavy atom. The summed E-state index contributed by atoms with van der Waals surface area (Å²) in [4.78, 5) is 31.0. The molecular weight excluding hydrogens is 412 g/mol. The van der Waals surface area contributed by atoms with Gasteiger partial charge in [-0.3, -0.25) is 9.59 Å². The molecule has 2 fully saturated rings. The van der Waals surface area contributed by atoms with Crippen molar-refractivity contribution in [2.45, 2.75) is 0 Å². The molecule has 2 aliphatic rings. The van der Waals surface area contributed by atoms with E-state index in [-0.39, 0.29) is 12.4 Å². The molecule has 0 spiro atoms. The quantitative estimate of drug-likeness (QED) is 0.676. The van der Waals surface area contributed by atoms with Gasteiger partial charge in [-0.2, -0.15) is 0 Å². The minimum Gasteiger partial charge on any atom is -0.368 e. The second-order valence-electron chi connectivity index (χ2n) is 7.93. The second-order valence-corrected chi connectivity index (χ2v) is 7.93. The number of para-hydroxylation sites is 2. The molecule has 2 saturated heterocycles. The topological polar surface area (TPSA) is 47.1 Å². The molecule has 0 N–H and O–H groups in total. The fourth-order valence-electron chi connectivity index (χ4n) is 3.85. The Bertz CT molecular complexity index is 762. The molecule has 31 heavy (non-hydrogen) atoms. The van der Waals surface area contributed by atoms with Crippen LogP contribution < -0.4 is 9.80 Å². The summed E-state index contributed by atoms with van der Waals surface area (Å²) in [6.07, 6.45) is 1.88. The van der Waals surface area contributed by atoms with E-state index in [4.69, 9.17) is 0 Å². The molecular formula is C24H33ClN4O2. The molecule has 0 atom stereocenters. The smallest absolute Gasteiger partial charge is 0.152 e. The normalized spacial score (nSPS) is 17.2. The molecule has 168 valence electrons. The SMILES string of the molecule is CN1CCN(c2ccccc2C=O)CC1.CN1CCN(c2ccccc2C=O)CC1.Cl. The Kier molecular flexibility index (Phi) is 9.98. The Labute approximate surface area is 191 Å². The summed E-state index contributed by atoms with van der Waals surface area (Å²) < 4.78 is 0. The average molecular weight is 445 g/mol. The van der Waals surface area contributed by atoms with E-state index < -0.39 is 0 Å². The first-order valence-corrected chi connectivity index (χ1v) is 10.6. The molecule has 0 bridgehead atoms. The maximum Gasteiger partial charge on any atom is 0.152 e. The molecule has 2 aliphatic heterocycles. The number of halogens is 1. The summed E-state index contributed by atoms with van der Waals surface area (Å²) in [5.74, 6) is 0. The van der Waals surface area contributed by atoms with E-state index in [1.165, 1.54) is 0 Å². The average Bonchev–Trinajstić information content (AvgIpc) is 2.80. The summed E-state index contributed by atoms with van der Waals surface area (Å²) in [6.45, 7) is 8.26. The fraction of sp³-hybridized carbons (Fsp3) is 0.417. The highest BCUT2D eigenvalue weighted by Crippen LogP contribution is 2.20. The second kappa shape index (κ2) is 12.4. The van der Waals surface area contributed by atoms with Gasteiger partial charge < -0.3 is 19.6 Å². The zero-order valence-electron chi connectivity index (χ0n) is 18.4. The van der Waals surface area contributed by atoms with Gasteiger partial charge in [0.25, 0.3) is 0 Å². The van der Waals surface area contributed by atoms with Crippen LogP contribution in [0.2, 0.25) is 0 Å². The first-order chi connectivity index (χ1) is 14.6. The van der Waals surface area contributed by atoms with Crippen molar-refractivity contribution in [1.82, 2.24) is 9.80 Å². The number of hydrogen-bond donors (Lipinski definition) is 0. The fourth-order valence-corrected chi connectivity index (χ4v) is 3.85. The molecule has 0 aromatic heterocycles. The largest absolute Gasteiger partial charge is 0.368 e. The van der Waals surface area contributed by atoms with Gasteiger partial charge >= 0.3 is 0 Å². The number of rotatable bonds is 4. The third-order valence-electron chi connectivity index (χ3n) is 5.82. The molecule has 2 aromatic carbocycles. The van der Waals surface area contributed by atoms with E-state index >= 15 is 0 Å². The molecule has 0 amide bonds. The van der Waals surface area contributed by atoms with Gasteiger partial charge in [-0.25, -0.2) is 0 Å². The Morgan fingerprint density at radius 3 is 1.23 bits per heavy atom. The van der Waals surface area contributed by atoms with Gasteiger partial charge in [0.05, 0.1) is 0 Å². The number of piperazine rings is 2. The van der Waals surface area contributed by atoms with Crippen LogP contribution in [0.15, 0.2) is 48.5 Å². The third kappa shape index (κ3) is 6.79. The van der Waals surface area contributed by atoms with Crippen LogP contribution in [0.1, 0.15) is 20.7 Å². The summed E-state index contributed by atoms with van der Waals surface area (Å²) in [5.41, 5.74) is 3.73. The molecule has 0 aliphatic carbocycles. The highest BCUT2D eigenvalue weighted by atomic mass is 35.5. The van der Waals surface area contributed by atoms with Gasteiger partial charge in [-0.15, -0.1) is 12.4 Å². The van der Waals surface area contributed by atoms with Gasteiger partial charge in [0.1, 0.15) is 0 Å². The van der Waals surface area contributed by atoms with Crippen molar-refractivity contribution in [3.05, 3.63) is 59.7 Å². The Morgan fingerprint density at radius 2 is 0.903 bits per heavy atom. The predicted octanol–water partition coefficient (Wildman–Crippen LogP) is 2.92. The first-order valence-electron chi connectivity index (χ1n) is 10.6. The number of benzene rings is 2. The van der Waals surface area contributed by atoms with Crippen LogP contribution in [0, 0.1) is 0 Å². The summed E-state index contributed by atoms with van der Waals surface area (Å²) >= 11 is 0. The minimum atomic E-state index is 0. The van der Waals surface area contributed by atoms with Crippen molar-refractivity contribution in [2.24, 2.45) is 0 Å². The molecule has 2 heterocycles. The van der Waals surface area contributed by atoms with E-state index in [1.807, 2.05) is 48.5 Å². The van der Waals surface area contributed by atoms with Gasteiger partial charge in [0.15, 0.2) is 12.6 Å². The van der Waals surface area contributed by atoms with Gasteiger partial charge in [0, 0.05) is 74.9 Å². The maximum atomic E-state index is 10.9. The molecule has 0 radical (unpaired) electrons. The van der Waals surface area contributed by atoms with E-state index in [0.717, 1.165) is 87.4 Å². The van der Waals surface area contributed by atoms with Crippen LogP contribution in [0.5, 0.6) is 0 Å². The van der Waals surface area contributed by atoms with Crippen molar-refractivity contribution in [3.8, 4) is 0 Å². The molecule has 2 aromatic rings. The monoisotopic (exact) mass is 444 g/mol. The highest BCUT2D eigenvalue weighted by molar-refractivity contribution is 5.85. The predicted molar refractivity (Wildman–Crippen MR) is 130 cm³/mol. The lowest BCUT2D eigenvalue weighted by atomic mass is 10.1. The number of aldehydes is 2. The summed E-state index contributed by atoms with van der Waals surface area (Å²) in [7, 11) is 4.26. The maximum absolute atomic E-state index is 10.9. The number of carbonyl (C=O) groups is 2. The van der Waals surface area contributed by atoms with E-state index in [9.17, 15) is 9.59 Å². The van der Waals surface area contributed by atoms with Crippen LogP contribution in [-0.4, -0.2) is 88.8 Å². The van der Waals surface area contributed by atoms with Gasteiger partial charge in [-0.05, 0) is 38.4 Å². The van der Waals surface area contributed by atoms with Crippen LogP contribution in [0.4, 0.5) is 11.4 Å². The van der Waals surface area contributed by atoms with Crippen LogP contribution in [0.25, 0.3) is 0 Å². The van der Waals surface area contributed by atoms with Crippen molar-refractivity contribution in [3.63, 3.8) is 0 Å². The number of hydrogen-bond acceptors (Lipinski definition) is 6. The van der Waals surface area contributed by atoms with E-state index in [1.54, 1.807) is 0 Å². The van der Waals surface area contributed by atoms with Gasteiger partial charge in [-0.1, -0.05) is 24.3 Å². The number of anilines is 2. The van der Waals surface area contributed by atoms with Gasteiger partial charge in [0.2, 0.25) is 0 Å². The third-order valence-corrected chi connectivity index (χ3v) is 5.82. The molecule has 4 rings (SSSR count). The zero-order valence-corrected chi connectivity index (χ0v) is 19.3. The lowest BCUT2D eigenvalue weighted by Crippen LogP contribution is -2.44. The summed E-state index contributed by atoms with van der Waals surface area (Å²) in [6, 6.07) is 15.6.